The second-order valence-corrected chi connectivity index (χ2v) is 12.6. The van der Waals surface area contributed by atoms with Gasteiger partial charge in [-0.25, -0.2) is 17.9 Å². The van der Waals surface area contributed by atoms with E-state index in [0.29, 0.717) is 37.2 Å². The van der Waals surface area contributed by atoms with Crippen LogP contribution < -0.4 is 5.14 Å². The number of carbonyl (C=O) groups excluding carboxylic acids is 1. The number of fused-ring (bicyclic) bond motifs is 5. The first-order valence-corrected chi connectivity index (χ1v) is 13.7. The number of allylic oxidation sites excluding steroid dienone is 1. The highest BCUT2D eigenvalue weighted by atomic mass is 32.2. The van der Waals surface area contributed by atoms with Gasteiger partial charge in [-0.3, -0.25) is 4.79 Å². The summed E-state index contributed by atoms with van der Waals surface area (Å²) in [7, 11) is -3.72. The Morgan fingerprint density at radius 3 is 2.58 bits per heavy atom. The zero-order valence-corrected chi connectivity index (χ0v) is 20.2. The maximum Gasteiger partial charge on any atom is 0.238 e. The van der Waals surface area contributed by atoms with E-state index in [1.54, 1.807) is 12.1 Å². The van der Waals surface area contributed by atoms with Crippen molar-refractivity contribution in [3.63, 3.8) is 0 Å². The summed E-state index contributed by atoms with van der Waals surface area (Å²) >= 11 is 0. The molecule has 0 amide bonds. The van der Waals surface area contributed by atoms with Crippen LogP contribution in [0, 0.1) is 35.0 Å². The minimum Gasteiger partial charge on any atom is -0.373 e. The average Bonchev–Trinajstić information content (AvgIpc) is 3.07. The van der Waals surface area contributed by atoms with Gasteiger partial charge in [-0.15, -0.1) is 0 Å². The smallest absolute Gasteiger partial charge is 0.238 e. The van der Waals surface area contributed by atoms with Crippen molar-refractivity contribution in [3.05, 3.63) is 41.5 Å². The van der Waals surface area contributed by atoms with Crippen LogP contribution in [0.2, 0.25) is 0 Å². The normalized spacial score (nSPS) is 40.5. The van der Waals surface area contributed by atoms with Gasteiger partial charge in [0.1, 0.15) is 6.17 Å². The molecule has 4 aliphatic rings. The number of ether oxygens (including phenoxy) is 1. The van der Waals surface area contributed by atoms with Crippen molar-refractivity contribution in [1.82, 2.24) is 0 Å². The number of hydrogen-bond acceptors (Lipinski definition) is 4. The van der Waals surface area contributed by atoms with Gasteiger partial charge in [0.15, 0.2) is 5.78 Å². The molecule has 0 radical (unpaired) electrons. The second-order valence-electron chi connectivity index (χ2n) is 11.1. The molecule has 5 nitrogen and oxygen atoms in total. The van der Waals surface area contributed by atoms with Gasteiger partial charge < -0.3 is 4.74 Å². The Balaban J connectivity index is 1.33. The van der Waals surface area contributed by atoms with Crippen molar-refractivity contribution in [2.24, 2.45) is 40.1 Å². The van der Waals surface area contributed by atoms with Crippen LogP contribution in [-0.2, 0) is 26.2 Å². The van der Waals surface area contributed by atoms with Gasteiger partial charge >= 0.3 is 0 Å². The summed E-state index contributed by atoms with van der Waals surface area (Å²) in [5.41, 5.74) is 1.87. The molecule has 0 heterocycles. The Hall–Kier alpha value is -1.57. The molecule has 0 aliphatic heterocycles. The van der Waals surface area contributed by atoms with E-state index >= 15 is 4.39 Å². The van der Waals surface area contributed by atoms with Gasteiger partial charge in [0, 0.05) is 12.3 Å². The Labute approximate surface area is 196 Å². The molecular weight excluding hydrogens is 441 g/mol. The molecule has 180 valence electrons. The molecule has 7 heteroatoms. The summed E-state index contributed by atoms with van der Waals surface area (Å²) in [5, 5.41) is 5.18. The molecule has 33 heavy (non-hydrogen) atoms. The number of primary sulfonamides is 1. The summed E-state index contributed by atoms with van der Waals surface area (Å²) in [5.74, 6) is 1.58. The molecule has 0 aromatic heterocycles. The topological polar surface area (TPSA) is 86.5 Å². The number of rotatable bonds is 4. The number of sulfonamides is 1. The van der Waals surface area contributed by atoms with Crippen molar-refractivity contribution in [3.8, 4) is 0 Å². The van der Waals surface area contributed by atoms with Crippen LogP contribution in [0.3, 0.4) is 0 Å². The van der Waals surface area contributed by atoms with Gasteiger partial charge in [-0.2, -0.15) is 0 Å². The third-order valence-corrected chi connectivity index (χ3v) is 10.1. The highest BCUT2D eigenvalue weighted by molar-refractivity contribution is 7.89. The lowest BCUT2D eigenvalue weighted by molar-refractivity contribution is -0.130. The number of nitrogens with two attached hydrogens (primary N) is 1. The molecule has 5 rings (SSSR count). The standard InChI is InChI=1S/C26H34FNO4S/c1-15-11-17-12-18(29)5-8-20(17)25-22(27)13-26(2)21(24(15)25)9-10-23(26)32-14-16-3-6-19(7-4-16)33(28,30)31/h3-4,6-7,12,15,20-25H,5,8-11,13-14H2,1-2H3,(H2,28,30,31)/t15-,20+,21+,22+,23+,24+,25+,26+/m1/s1. The number of carbonyl (C=O) groups is 1. The summed E-state index contributed by atoms with van der Waals surface area (Å²) in [6.45, 7) is 4.83. The molecule has 8 atom stereocenters. The van der Waals surface area contributed by atoms with E-state index in [4.69, 9.17) is 9.88 Å². The lowest BCUT2D eigenvalue weighted by Gasteiger charge is -2.57. The molecule has 3 fully saturated rings. The van der Waals surface area contributed by atoms with Gasteiger partial charge in [0.25, 0.3) is 0 Å². The zero-order valence-electron chi connectivity index (χ0n) is 19.4. The molecule has 0 unspecified atom stereocenters. The number of ketones is 1. The SMILES string of the molecule is C[C@@H]1CC2=CC(=O)CC[C@@H]2[C@@H]2[C@@H]1[C@@H]1CC[C@H](OCc3ccc(S(N)(=O)=O)cc3)[C@@]1(C)C[C@@H]2F. The van der Waals surface area contributed by atoms with E-state index in [2.05, 4.69) is 13.8 Å². The largest absolute Gasteiger partial charge is 0.373 e. The van der Waals surface area contributed by atoms with Crippen molar-refractivity contribution in [2.75, 3.05) is 0 Å². The predicted octanol–water partition coefficient (Wildman–Crippen LogP) is 4.56. The Morgan fingerprint density at radius 1 is 1.15 bits per heavy atom. The fraction of sp³-hybridized carbons (Fsp3) is 0.654. The summed E-state index contributed by atoms with van der Waals surface area (Å²) in [6.07, 6.45) is 5.68. The molecule has 1 aromatic carbocycles. The van der Waals surface area contributed by atoms with Crippen LogP contribution in [0.5, 0.6) is 0 Å². The first-order chi connectivity index (χ1) is 15.6. The number of alkyl halides is 1. The van der Waals surface area contributed by atoms with E-state index in [9.17, 15) is 13.2 Å². The monoisotopic (exact) mass is 475 g/mol. The Kier molecular flexibility index (Phi) is 5.82. The fourth-order valence-electron chi connectivity index (χ4n) is 7.78. The van der Waals surface area contributed by atoms with Crippen molar-refractivity contribution in [2.45, 2.75) is 76.2 Å². The minimum atomic E-state index is -3.72. The molecule has 4 aliphatic carbocycles. The first kappa shape index (κ1) is 23.2. The van der Waals surface area contributed by atoms with Crippen LogP contribution in [0.4, 0.5) is 4.39 Å². The first-order valence-electron chi connectivity index (χ1n) is 12.2. The van der Waals surface area contributed by atoms with E-state index in [-0.39, 0.29) is 34.0 Å². The molecule has 0 bridgehead atoms. The maximum atomic E-state index is 15.9. The van der Waals surface area contributed by atoms with E-state index in [1.807, 2.05) is 6.08 Å². The lowest BCUT2D eigenvalue weighted by Crippen LogP contribution is -2.55. The lowest BCUT2D eigenvalue weighted by atomic mass is 9.49. The molecule has 3 saturated carbocycles. The van der Waals surface area contributed by atoms with Crippen molar-refractivity contribution >= 4 is 15.8 Å². The quantitative estimate of drug-likeness (QED) is 0.692. The highest BCUT2D eigenvalue weighted by Gasteiger charge is 2.61. The van der Waals surface area contributed by atoms with Gasteiger partial charge in [-0.05, 0) is 85.0 Å². The average molecular weight is 476 g/mol. The maximum absolute atomic E-state index is 15.9. The van der Waals surface area contributed by atoms with Crippen molar-refractivity contribution in [1.29, 1.82) is 0 Å². The Bertz CT molecular complexity index is 1070. The molecule has 0 saturated heterocycles. The third kappa shape index (κ3) is 4.00. The van der Waals surface area contributed by atoms with Gasteiger partial charge in [-0.1, -0.05) is 31.6 Å². The van der Waals surface area contributed by atoms with Gasteiger partial charge in [0.05, 0.1) is 17.6 Å². The van der Waals surface area contributed by atoms with Crippen LogP contribution in [-0.4, -0.2) is 26.5 Å². The van der Waals surface area contributed by atoms with E-state index < -0.39 is 16.2 Å². The van der Waals surface area contributed by atoms with E-state index in [1.165, 1.54) is 17.7 Å². The predicted molar refractivity (Wildman–Crippen MR) is 123 cm³/mol. The highest BCUT2D eigenvalue weighted by Crippen LogP contribution is 2.64. The third-order valence-electron chi connectivity index (χ3n) is 9.19. The summed E-state index contributed by atoms with van der Waals surface area (Å²) < 4.78 is 45.2. The minimum absolute atomic E-state index is 0.0170. The zero-order chi connectivity index (χ0) is 23.5. The second kappa shape index (κ2) is 8.28. The van der Waals surface area contributed by atoms with Crippen LogP contribution in [0.25, 0.3) is 0 Å². The summed E-state index contributed by atoms with van der Waals surface area (Å²) in [6, 6.07) is 6.45. The number of benzene rings is 1. The van der Waals surface area contributed by atoms with Gasteiger partial charge in [0.2, 0.25) is 10.0 Å². The van der Waals surface area contributed by atoms with Crippen LogP contribution in [0.1, 0.15) is 57.9 Å². The van der Waals surface area contributed by atoms with Crippen LogP contribution >= 0.6 is 0 Å². The van der Waals surface area contributed by atoms with E-state index in [0.717, 1.165) is 31.2 Å². The van der Waals surface area contributed by atoms with Crippen molar-refractivity contribution < 1.29 is 22.3 Å². The number of hydrogen-bond donors (Lipinski definition) is 1. The Morgan fingerprint density at radius 2 is 1.88 bits per heavy atom. The molecular formula is C26H34FNO4S. The van der Waals surface area contributed by atoms with Crippen LogP contribution in [0.15, 0.2) is 40.8 Å². The molecule has 2 N–H and O–H groups in total. The summed E-state index contributed by atoms with van der Waals surface area (Å²) in [4.78, 5) is 12.1. The molecule has 1 aromatic rings. The molecule has 0 spiro atoms. The number of halogens is 1. The fourth-order valence-corrected chi connectivity index (χ4v) is 8.29.